The Hall–Kier alpha value is -0.550. The molecular weight excluding hydrogens is 114 g/mol. The third kappa shape index (κ3) is 36.9. The third-order valence-corrected chi connectivity index (χ3v) is 0.335. The van der Waals surface area contributed by atoms with E-state index in [4.69, 9.17) is 10.4 Å². The third-order valence-electron chi connectivity index (χ3n) is 0.335. The average Bonchev–Trinajstić information content (AvgIpc) is 1.67. The van der Waals surface area contributed by atoms with Crippen molar-refractivity contribution in [3.05, 3.63) is 0 Å². The summed E-state index contributed by atoms with van der Waals surface area (Å²) in [5.74, 6) is 0. The van der Waals surface area contributed by atoms with E-state index in [-0.39, 0.29) is 12.0 Å². The average molecular weight is 129 g/mol. The maximum absolute atomic E-state index is 8.15. The lowest BCUT2D eigenvalue weighted by molar-refractivity contribution is 0.318. The summed E-state index contributed by atoms with van der Waals surface area (Å²) >= 11 is 0. The summed E-state index contributed by atoms with van der Waals surface area (Å²) in [6, 6.07) is 2.10. The van der Waals surface area contributed by atoms with Gasteiger partial charge in [-0.2, -0.15) is 5.26 Å². The first-order chi connectivity index (χ1) is 3.97. The molecule has 0 rings (SSSR count). The molecule has 0 aromatic rings. The minimum Gasteiger partial charge on any atom is -0.397 e. The van der Waals surface area contributed by atoms with Gasteiger partial charge in [0.05, 0.1) is 6.07 Å². The fourth-order valence-electron chi connectivity index (χ4n) is 0. The molecule has 0 saturated heterocycles. The molecule has 2 heteroatoms. The van der Waals surface area contributed by atoms with Crippen molar-refractivity contribution in [2.75, 3.05) is 6.61 Å². The van der Waals surface area contributed by atoms with Gasteiger partial charge in [0, 0.05) is 12.0 Å². The Bertz CT molecular complexity index is 86.1. The minimum atomic E-state index is -0.153. The normalized spacial score (nSPS) is 8.89. The Balaban J connectivity index is 0. The maximum atomic E-state index is 8.15. The lowest BCUT2D eigenvalue weighted by Crippen LogP contribution is -1.97. The van der Waals surface area contributed by atoms with Crippen molar-refractivity contribution < 1.29 is 5.11 Å². The molecule has 0 aliphatic rings. The van der Waals surface area contributed by atoms with Crippen LogP contribution in [-0.4, -0.2) is 11.7 Å². The van der Waals surface area contributed by atoms with Crippen LogP contribution >= 0.6 is 0 Å². The van der Waals surface area contributed by atoms with Gasteiger partial charge in [0.1, 0.15) is 0 Å². The smallest absolute Gasteiger partial charge is 0.0680 e. The number of nitriles is 1. The van der Waals surface area contributed by atoms with Gasteiger partial charge in [0.2, 0.25) is 0 Å². The Labute approximate surface area is 57.1 Å². The first kappa shape index (κ1) is 11.3. The zero-order valence-electron chi connectivity index (χ0n) is 6.60. The van der Waals surface area contributed by atoms with E-state index in [2.05, 4.69) is 6.07 Å². The number of hydrogen-bond acceptors (Lipinski definition) is 2. The first-order valence-corrected chi connectivity index (χ1v) is 3.00. The molecule has 0 radical (unpaired) electrons. The molecule has 1 N–H and O–H groups in total. The van der Waals surface area contributed by atoms with Gasteiger partial charge in [-0.1, -0.05) is 0 Å². The molecule has 0 heterocycles. The van der Waals surface area contributed by atoms with Crippen LogP contribution in [0.3, 0.4) is 0 Å². The van der Waals surface area contributed by atoms with Crippen LogP contribution in [0.5, 0.6) is 0 Å². The van der Waals surface area contributed by atoms with Crippen LogP contribution in [0.2, 0.25) is 0 Å². The zero-order valence-corrected chi connectivity index (χ0v) is 6.60. The highest BCUT2D eigenvalue weighted by atomic mass is 16.2. The molecule has 0 bridgehead atoms. The second kappa shape index (κ2) is 5.58. The molecule has 0 aromatic heterocycles. The molecular formula is C7H15NO. The van der Waals surface area contributed by atoms with Crippen molar-refractivity contribution in [2.45, 2.75) is 27.7 Å². The highest BCUT2D eigenvalue weighted by molar-refractivity contribution is 4.86. The van der Waals surface area contributed by atoms with Gasteiger partial charge >= 0.3 is 0 Å². The van der Waals surface area contributed by atoms with Gasteiger partial charge in [-0.05, 0) is 27.7 Å². The second-order valence-corrected chi connectivity index (χ2v) is 2.68. The van der Waals surface area contributed by atoms with E-state index >= 15 is 0 Å². The predicted molar refractivity (Wildman–Crippen MR) is 37.8 cm³/mol. The van der Waals surface area contributed by atoms with Gasteiger partial charge in [0.15, 0.2) is 0 Å². The van der Waals surface area contributed by atoms with Crippen molar-refractivity contribution in [3.8, 4) is 6.07 Å². The molecule has 2 nitrogen and oxygen atoms in total. The monoisotopic (exact) mass is 129 g/mol. The summed E-state index contributed by atoms with van der Waals surface area (Å²) in [5, 5.41) is 15.7. The highest BCUT2D eigenvalue weighted by Gasteiger charge is 2.04. The van der Waals surface area contributed by atoms with E-state index in [9.17, 15) is 0 Å². The number of aliphatic hydroxyl groups is 1. The van der Waals surface area contributed by atoms with Crippen LogP contribution in [0.15, 0.2) is 0 Å². The fraction of sp³-hybridized carbons (Fsp3) is 0.857. The van der Waals surface area contributed by atoms with Gasteiger partial charge in [0.25, 0.3) is 0 Å². The summed E-state index contributed by atoms with van der Waals surface area (Å²) in [6.07, 6.45) is 0. The topological polar surface area (TPSA) is 44.0 Å². The standard InChI is InChI=1S/C5H9N.C2H6O/c1-5(2,3)4-6;1-2-3/h1-3H3;3H,2H2,1H3. The molecule has 0 saturated carbocycles. The van der Waals surface area contributed by atoms with Crippen molar-refractivity contribution >= 4 is 0 Å². The molecule has 0 atom stereocenters. The van der Waals surface area contributed by atoms with E-state index in [1.165, 1.54) is 0 Å². The SMILES string of the molecule is CC(C)(C)C#N.CCO. The van der Waals surface area contributed by atoms with Crippen molar-refractivity contribution in [3.63, 3.8) is 0 Å². The number of hydrogen-bond donors (Lipinski definition) is 1. The number of aliphatic hydroxyl groups excluding tert-OH is 1. The van der Waals surface area contributed by atoms with E-state index in [0.29, 0.717) is 0 Å². The Morgan fingerprint density at radius 1 is 1.44 bits per heavy atom. The van der Waals surface area contributed by atoms with Crippen LogP contribution in [0.4, 0.5) is 0 Å². The summed E-state index contributed by atoms with van der Waals surface area (Å²) < 4.78 is 0. The van der Waals surface area contributed by atoms with E-state index < -0.39 is 0 Å². The van der Waals surface area contributed by atoms with Crippen LogP contribution in [0.25, 0.3) is 0 Å². The predicted octanol–water partition coefficient (Wildman–Crippen LogP) is 1.55. The summed E-state index contributed by atoms with van der Waals surface area (Å²) in [4.78, 5) is 0. The first-order valence-electron chi connectivity index (χ1n) is 3.00. The molecule has 0 fully saturated rings. The van der Waals surface area contributed by atoms with E-state index in [1.807, 2.05) is 20.8 Å². The molecule has 0 aromatic carbocycles. The molecule has 9 heavy (non-hydrogen) atoms. The number of nitrogens with zero attached hydrogens (tertiary/aromatic N) is 1. The molecule has 0 aliphatic carbocycles. The molecule has 0 unspecified atom stereocenters. The Morgan fingerprint density at radius 2 is 1.56 bits per heavy atom. The molecule has 54 valence electrons. The fourth-order valence-corrected chi connectivity index (χ4v) is 0. The lowest BCUT2D eigenvalue weighted by atomic mass is 10.0. The zero-order chi connectivity index (χ0) is 7.91. The maximum Gasteiger partial charge on any atom is 0.0680 e. The summed E-state index contributed by atoms with van der Waals surface area (Å²) in [6.45, 7) is 7.58. The van der Waals surface area contributed by atoms with Crippen molar-refractivity contribution in [1.29, 1.82) is 5.26 Å². The van der Waals surface area contributed by atoms with E-state index in [0.717, 1.165) is 0 Å². The molecule has 0 amide bonds. The van der Waals surface area contributed by atoms with Crippen molar-refractivity contribution in [1.82, 2.24) is 0 Å². The van der Waals surface area contributed by atoms with Gasteiger partial charge in [-0.25, -0.2) is 0 Å². The van der Waals surface area contributed by atoms with E-state index in [1.54, 1.807) is 6.92 Å². The van der Waals surface area contributed by atoms with Gasteiger partial charge in [-0.15, -0.1) is 0 Å². The van der Waals surface area contributed by atoms with Crippen LogP contribution < -0.4 is 0 Å². The Morgan fingerprint density at radius 3 is 1.56 bits per heavy atom. The largest absolute Gasteiger partial charge is 0.397 e. The lowest BCUT2D eigenvalue weighted by Gasteiger charge is -2.01. The second-order valence-electron chi connectivity index (χ2n) is 2.68. The molecule has 0 spiro atoms. The number of rotatable bonds is 0. The van der Waals surface area contributed by atoms with Crippen LogP contribution in [0, 0.1) is 16.7 Å². The highest BCUT2D eigenvalue weighted by Crippen LogP contribution is 2.08. The van der Waals surface area contributed by atoms with Crippen LogP contribution in [-0.2, 0) is 0 Å². The van der Waals surface area contributed by atoms with Crippen LogP contribution in [0.1, 0.15) is 27.7 Å². The van der Waals surface area contributed by atoms with Crippen molar-refractivity contribution in [2.24, 2.45) is 5.41 Å². The molecule has 0 aliphatic heterocycles. The van der Waals surface area contributed by atoms with Gasteiger partial charge in [-0.3, -0.25) is 0 Å². The summed E-state index contributed by atoms with van der Waals surface area (Å²) in [5.41, 5.74) is -0.153. The van der Waals surface area contributed by atoms with Gasteiger partial charge < -0.3 is 5.11 Å². The minimum absolute atomic E-state index is 0.153. The Kier molecular flexibility index (Phi) is 6.99. The summed E-state index contributed by atoms with van der Waals surface area (Å²) in [7, 11) is 0. The quantitative estimate of drug-likeness (QED) is 0.539.